The van der Waals surface area contributed by atoms with Gasteiger partial charge in [-0.2, -0.15) is 5.10 Å². The van der Waals surface area contributed by atoms with E-state index in [0.29, 0.717) is 23.9 Å². The molecule has 1 amide bonds. The minimum absolute atomic E-state index is 0.146. The van der Waals surface area contributed by atoms with Crippen LogP contribution in [0.3, 0.4) is 0 Å². The molecule has 2 aromatic heterocycles. The molecule has 0 bridgehead atoms. The largest absolute Gasteiger partial charge is 0.481 e. The molecule has 0 saturated carbocycles. The molecule has 8 nitrogen and oxygen atoms in total. The summed E-state index contributed by atoms with van der Waals surface area (Å²) in [5.74, 6) is -1.23. The molecule has 3 aromatic rings. The summed E-state index contributed by atoms with van der Waals surface area (Å²) in [5.41, 5.74) is 2.06. The number of hydrogen-bond donors (Lipinski definition) is 1. The smallest absolute Gasteiger partial charge is 0.305 e. The van der Waals surface area contributed by atoms with E-state index in [1.165, 1.54) is 11.3 Å². The van der Waals surface area contributed by atoms with Gasteiger partial charge in [-0.25, -0.2) is 9.67 Å². The van der Waals surface area contributed by atoms with Crippen molar-refractivity contribution in [3.8, 4) is 16.3 Å². The molecule has 28 heavy (non-hydrogen) atoms. The van der Waals surface area contributed by atoms with Crippen LogP contribution in [-0.4, -0.2) is 62.4 Å². The van der Waals surface area contributed by atoms with E-state index in [1.54, 1.807) is 21.2 Å². The van der Waals surface area contributed by atoms with Crippen molar-refractivity contribution in [2.24, 2.45) is 0 Å². The lowest BCUT2D eigenvalue weighted by Gasteiger charge is -2.34. The number of aromatic nitrogens is 3. The van der Waals surface area contributed by atoms with Crippen LogP contribution in [0, 0.1) is 0 Å². The zero-order chi connectivity index (χ0) is 19.5. The van der Waals surface area contributed by atoms with Gasteiger partial charge in [0.1, 0.15) is 10.7 Å². The molecule has 1 unspecified atom stereocenters. The standard InChI is InChI=1S/C19H18N4O4S/c24-17(25)8-15-11-27-7-6-22(15)19(26)16-12-28-18(21-16)13-9-20-23(10-13)14-4-2-1-3-5-14/h1-5,9-10,12,15H,6-8,11H2,(H,24,25). The molecule has 1 saturated heterocycles. The molecule has 1 aromatic carbocycles. The predicted molar refractivity (Wildman–Crippen MR) is 103 cm³/mol. The highest BCUT2D eigenvalue weighted by atomic mass is 32.1. The summed E-state index contributed by atoms with van der Waals surface area (Å²) < 4.78 is 7.09. The Bertz CT molecular complexity index is 985. The highest BCUT2D eigenvalue weighted by Crippen LogP contribution is 2.25. The Labute approximate surface area is 165 Å². The van der Waals surface area contributed by atoms with Crippen LogP contribution in [0.4, 0.5) is 0 Å². The Kier molecular flexibility index (Phi) is 5.18. The van der Waals surface area contributed by atoms with Crippen LogP contribution in [0.2, 0.25) is 0 Å². The van der Waals surface area contributed by atoms with Crippen molar-refractivity contribution in [1.29, 1.82) is 0 Å². The van der Waals surface area contributed by atoms with Gasteiger partial charge in [-0.1, -0.05) is 18.2 Å². The second-order valence-corrected chi connectivity index (χ2v) is 7.23. The lowest BCUT2D eigenvalue weighted by molar-refractivity contribution is -0.139. The monoisotopic (exact) mass is 398 g/mol. The third kappa shape index (κ3) is 3.80. The van der Waals surface area contributed by atoms with E-state index in [9.17, 15) is 9.59 Å². The van der Waals surface area contributed by atoms with Gasteiger partial charge in [0.05, 0.1) is 37.6 Å². The number of thiazole rings is 1. The van der Waals surface area contributed by atoms with Gasteiger partial charge in [-0.3, -0.25) is 9.59 Å². The van der Waals surface area contributed by atoms with E-state index in [2.05, 4.69) is 10.1 Å². The van der Waals surface area contributed by atoms with Crippen molar-refractivity contribution in [1.82, 2.24) is 19.7 Å². The van der Waals surface area contributed by atoms with Crippen LogP contribution in [0.1, 0.15) is 16.9 Å². The zero-order valence-corrected chi connectivity index (χ0v) is 15.7. The van der Waals surface area contributed by atoms with Gasteiger partial charge < -0.3 is 14.7 Å². The number of aliphatic carboxylic acids is 1. The maximum absolute atomic E-state index is 12.9. The maximum atomic E-state index is 12.9. The molecule has 0 aliphatic carbocycles. The number of carboxylic acid groups (broad SMARTS) is 1. The molecule has 1 fully saturated rings. The number of carboxylic acids is 1. The molecule has 3 heterocycles. The molecule has 9 heteroatoms. The molecule has 1 aliphatic heterocycles. The van der Waals surface area contributed by atoms with E-state index in [1.807, 2.05) is 36.5 Å². The Morgan fingerprint density at radius 2 is 2.11 bits per heavy atom. The number of amides is 1. The van der Waals surface area contributed by atoms with Crippen molar-refractivity contribution in [2.75, 3.05) is 19.8 Å². The van der Waals surface area contributed by atoms with Crippen LogP contribution in [0.25, 0.3) is 16.3 Å². The quantitative estimate of drug-likeness (QED) is 0.708. The minimum atomic E-state index is -0.958. The third-order valence-electron chi connectivity index (χ3n) is 4.47. The molecule has 0 spiro atoms. The number of nitrogens with zero attached hydrogens (tertiary/aromatic N) is 4. The number of carbonyl (C=O) groups excluding carboxylic acids is 1. The van der Waals surface area contributed by atoms with E-state index in [-0.39, 0.29) is 18.9 Å². The van der Waals surface area contributed by atoms with Gasteiger partial charge in [0, 0.05) is 23.7 Å². The van der Waals surface area contributed by atoms with Gasteiger partial charge in [0.25, 0.3) is 5.91 Å². The zero-order valence-electron chi connectivity index (χ0n) is 14.9. The van der Waals surface area contributed by atoms with Crippen molar-refractivity contribution in [2.45, 2.75) is 12.5 Å². The van der Waals surface area contributed by atoms with Crippen LogP contribution in [0.5, 0.6) is 0 Å². The summed E-state index contributed by atoms with van der Waals surface area (Å²) in [6.45, 7) is 0.969. The number of morpholine rings is 1. The van der Waals surface area contributed by atoms with E-state index in [0.717, 1.165) is 11.3 Å². The van der Waals surface area contributed by atoms with E-state index >= 15 is 0 Å². The normalized spacial score (nSPS) is 16.9. The Balaban J connectivity index is 1.53. The molecule has 0 radical (unpaired) electrons. The number of hydrogen-bond acceptors (Lipinski definition) is 6. The van der Waals surface area contributed by atoms with Crippen molar-refractivity contribution < 1.29 is 19.4 Å². The summed E-state index contributed by atoms with van der Waals surface area (Å²) >= 11 is 1.36. The van der Waals surface area contributed by atoms with Crippen LogP contribution in [-0.2, 0) is 9.53 Å². The first-order valence-electron chi connectivity index (χ1n) is 8.78. The summed E-state index contributed by atoms with van der Waals surface area (Å²) in [4.78, 5) is 29.9. The Morgan fingerprint density at radius 1 is 1.29 bits per heavy atom. The number of benzene rings is 1. The fraction of sp³-hybridized carbons (Fsp3) is 0.263. The van der Waals surface area contributed by atoms with E-state index in [4.69, 9.17) is 9.84 Å². The lowest BCUT2D eigenvalue weighted by Crippen LogP contribution is -2.49. The maximum Gasteiger partial charge on any atom is 0.305 e. The van der Waals surface area contributed by atoms with Crippen molar-refractivity contribution >= 4 is 23.2 Å². The Hall–Kier alpha value is -3.04. The fourth-order valence-electron chi connectivity index (χ4n) is 3.10. The first kappa shape index (κ1) is 18.3. The molecular formula is C19H18N4O4S. The summed E-state index contributed by atoms with van der Waals surface area (Å²) in [6.07, 6.45) is 3.43. The fourth-order valence-corrected chi connectivity index (χ4v) is 3.87. The number of ether oxygens (including phenoxy) is 1. The van der Waals surface area contributed by atoms with Gasteiger partial charge in [-0.15, -0.1) is 11.3 Å². The van der Waals surface area contributed by atoms with Crippen LogP contribution >= 0.6 is 11.3 Å². The van der Waals surface area contributed by atoms with Crippen molar-refractivity contribution in [3.05, 3.63) is 53.8 Å². The molecule has 4 rings (SSSR count). The average molecular weight is 398 g/mol. The molecular weight excluding hydrogens is 380 g/mol. The molecule has 1 N–H and O–H groups in total. The second kappa shape index (κ2) is 7.91. The predicted octanol–water partition coefficient (Wildman–Crippen LogP) is 2.31. The first-order chi connectivity index (χ1) is 13.6. The average Bonchev–Trinajstić information content (AvgIpc) is 3.38. The minimum Gasteiger partial charge on any atom is -0.481 e. The SMILES string of the molecule is O=C(O)CC1COCCN1C(=O)c1csc(-c2cnn(-c3ccccc3)c2)n1. The molecule has 144 valence electrons. The van der Waals surface area contributed by atoms with Gasteiger partial charge >= 0.3 is 5.97 Å². The lowest BCUT2D eigenvalue weighted by atomic mass is 10.1. The summed E-state index contributed by atoms with van der Waals surface area (Å²) in [7, 11) is 0. The molecule has 1 aliphatic rings. The van der Waals surface area contributed by atoms with Crippen molar-refractivity contribution in [3.63, 3.8) is 0 Å². The first-order valence-corrected chi connectivity index (χ1v) is 9.66. The van der Waals surface area contributed by atoms with Gasteiger partial charge in [-0.05, 0) is 12.1 Å². The second-order valence-electron chi connectivity index (χ2n) is 6.37. The summed E-state index contributed by atoms with van der Waals surface area (Å²) in [5, 5.41) is 15.8. The number of carbonyl (C=O) groups is 2. The van der Waals surface area contributed by atoms with Gasteiger partial charge in [0.15, 0.2) is 0 Å². The Morgan fingerprint density at radius 3 is 2.89 bits per heavy atom. The topological polar surface area (TPSA) is 97.5 Å². The highest BCUT2D eigenvalue weighted by molar-refractivity contribution is 7.13. The summed E-state index contributed by atoms with van der Waals surface area (Å²) in [6, 6.07) is 9.24. The van der Waals surface area contributed by atoms with E-state index < -0.39 is 12.0 Å². The number of para-hydroxylation sites is 1. The van der Waals surface area contributed by atoms with Crippen LogP contribution in [0.15, 0.2) is 48.1 Å². The van der Waals surface area contributed by atoms with Crippen LogP contribution < -0.4 is 0 Å². The van der Waals surface area contributed by atoms with Gasteiger partial charge in [0.2, 0.25) is 0 Å². The number of rotatable bonds is 5. The highest BCUT2D eigenvalue weighted by Gasteiger charge is 2.31. The molecule has 1 atom stereocenters. The third-order valence-corrected chi connectivity index (χ3v) is 5.36.